The molecule has 2 aliphatic rings. The van der Waals surface area contributed by atoms with Crippen LogP contribution in [0.3, 0.4) is 0 Å². The van der Waals surface area contributed by atoms with Crippen molar-refractivity contribution in [3.63, 3.8) is 0 Å². The zero-order valence-electron chi connectivity index (χ0n) is 24.1. The van der Waals surface area contributed by atoms with Crippen molar-refractivity contribution in [1.29, 1.82) is 0 Å². The molecule has 228 valence electrons. The number of hydrogen-bond donors (Lipinski definition) is 5. The molecule has 5 aromatic rings. The highest BCUT2D eigenvalue weighted by atomic mass is 16.6. The van der Waals surface area contributed by atoms with Crippen molar-refractivity contribution >= 4 is 22.9 Å². The number of rotatable bonds is 9. The van der Waals surface area contributed by atoms with Crippen LogP contribution in [0.5, 0.6) is 0 Å². The molecule has 13 heteroatoms. The number of fused-ring (bicyclic) bond motifs is 1. The zero-order chi connectivity index (χ0) is 30.0. The Bertz CT molecular complexity index is 1620. The molecule has 1 aliphatic heterocycles. The highest BCUT2D eigenvalue weighted by Gasteiger charge is 2.46. The van der Waals surface area contributed by atoms with Gasteiger partial charge in [0.15, 0.2) is 29.4 Å². The third-order valence-corrected chi connectivity index (χ3v) is 8.56. The molecule has 4 atom stereocenters. The molecule has 7 rings (SSSR count). The minimum atomic E-state index is -1.27. The van der Waals surface area contributed by atoms with Crippen LogP contribution in [-0.2, 0) is 4.74 Å². The van der Waals surface area contributed by atoms with Crippen molar-refractivity contribution in [2.24, 2.45) is 5.73 Å². The summed E-state index contributed by atoms with van der Waals surface area (Å²) in [5.41, 5.74) is 9.48. The molecule has 1 saturated heterocycles. The topological polar surface area (TPSA) is 174 Å². The maximum Gasteiger partial charge on any atom is 0.227 e. The number of nitrogens with zero attached hydrogens (tertiary/aromatic N) is 7. The van der Waals surface area contributed by atoms with Gasteiger partial charge < -0.3 is 31.3 Å². The van der Waals surface area contributed by atoms with E-state index >= 15 is 0 Å². The number of nitrogens with two attached hydrogens (primary N) is 1. The van der Waals surface area contributed by atoms with Crippen LogP contribution >= 0.6 is 0 Å². The largest absolute Gasteiger partial charge is 0.385 e. The number of aliphatic hydroxyl groups excluding tert-OH is 2. The molecule has 6 N–H and O–H groups in total. The van der Waals surface area contributed by atoms with Gasteiger partial charge in [0.25, 0.3) is 0 Å². The summed E-state index contributed by atoms with van der Waals surface area (Å²) >= 11 is 0. The highest BCUT2D eigenvalue weighted by molar-refractivity contribution is 5.84. The predicted molar refractivity (Wildman–Crippen MR) is 164 cm³/mol. The molecule has 0 radical (unpaired) electrons. The van der Waals surface area contributed by atoms with Crippen LogP contribution in [0.15, 0.2) is 79.4 Å². The first kappa shape index (κ1) is 28.3. The fraction of sp³-hybridized carbons (Fsp3) is 0.387. The molecule has 2 aromatic carbocycles. The number of aliphatic hydroxyl groups is 2. The summed E-state index contributed by atoms with van der Waals surface area (Å²) in [5.74, 6) is 1.05. The van der Waals surface area contributed by atoms with Crippen LogP contribution in [-0.4, -0.2) is 75.6 Å². The number of anilines is 2. The molecule has 1 aliphatic carbocycles. The van der Waals surface area contributed by atoms with Crippen molar-refractivity contribution in [3.8, 4) is 0 Å². The molecule has 13 nitrogen and oxygen atoms in total. The van der Waals surface area contributed by atoms with E-state index in [-0.39, 0.29) is 18.0 Å². The fourth-order valence-electron chi connectivity index (χ4n) is 6.15. The average Bonchev–Trinajstić information content (AvgIpc) is 3.80. The molecule has 0 bridgehead atoms. The minimum absolute atomic E-state index is 0.0539. The molecule has 1 unspecified atom stereocenters. The Morgan fingerprint density at radius 2 is 1.50 bits per heavy atom. The summed E-state index contributed by atoms with van der Waals surface area (Å²) in [7, 11) is 0. The molecule has 2 fully saturated rings. The van der Waals surface area contributed by atoms with E-state index in [9.17, 15) is 10.2 Å². The molecule has 1 saturated carbocycles. The monoisotopic (exact) mass is 596 g/mol. The maximum atomic E-state index is 11.0. The quantitative estimate of drug-likeness (QED) is 0.169. The number of benzene rings is 2. The molecular formula is C31H36N10O3. The van der Waals surface area contributed by atoms with Crippen LogP contribution in [0.1, 0.15) is 55.2 Å². The van der Waals surface area contributed by atoms with Gasteiger partial charge in [-0.3, -0.25) is 4.57 Å². The number of ether oxygens (including phenoxy) is 1. The van der Waals surface area contributed by atoms with Crippen LogP contribution < -0.4 is 16.4 Å². The van der Waals surface area contributed by atoms with E-state index in [0.717, 1.165) is 25.7 Å². The lowest BCUT2D eigenvalue weighted by Crippen LogP contribution is -2.33. The second-order valence-corrected chi connectivity index (χ2v) is 11.5. The lowest BCUT2D eigenvalue weighted by molar-refractivity contribution is -0.0765. The van der Waals surface area contributed by atoms with Crippen molar-refractivity contribution in [2.45, 2.75) is 68.3 Å². The first-order valence-corrected chi connectivity index (χ1v) is 15.0. The summed E-state index contributed by atoms with van der Waals surface area (Å²) in [4.78, 5) is 15.6. The Labute approximate surface area is 254 Å². The summed E-state index contributed by atoms with van der Waals surface area (Å²) in [6.45, 7) is 0.555. The van der Waals surface area contributed by atoms with Gasteiger partial charge in [0.1, 0.15) is 12.2 Å². The lowest BCUT2D eigenvalue weighted by atomic mass is 9.91. The number of imidazole rings is 1. The van der Waals surface area contributed by atoms with E-state index in [1.54, 1.807) is 10.9 Å². The maximum absolute atomic E-state index is 11.0. The fourth-order valence-corrected chi connectivity index (χ4v) is 6.15. The van der Waals surface area contributed by atoms with E-state index < -0.39 is 24.7 Å². The number of nitrogens with one attached hydrogen (secondary N) is 2. The van der Waals surface area contributed by atoms with Crippen LogP contribution in [0.25, 0.3) is 11.2 Å². The number of aromatic nitrogens is 7. The van der Waals surface area contributed by atoms with Crippen molar-refractivity contribution in [2.75, 3.05) is 17.2 Å². The van der Waals surface area contributed by atoms with Gasteiger partial charge in [0.2, 0.25) is 5.95 Å². The van der Waals surface area contributed by atoms with Crippen molar-refractivity contribution < 1.29 is 14.9 Å². The second-order valence-electron chi connectivity index (χ2n) is 11.5. The smallest absolute Gasteiger partial charge is 0.227 e. The second kappa shape index (κ2) is 12.3. The van der Waals surface area contributed by atoms with Gasteiger partial charge in [-0.1, -0.05) is 60.7 Å². The third-order valence-electron chi connectivity index (χ3n) is 8.56. The van der Waals surface area contributed by atoms with Gasteiger partial charge in [0, 0.05) is 24.5 Å². The van der Waals surface area contributed by atoms with Gasteiger partial charge in [0.05, 0.1) is 18.7 Å². The Balaban J connectivity index is 1.23. The van der Waals surface area contributed by atoms with E-state index in [2.05, 4.69) is 50.1 Å². The standard InChI is InChI=1S/C31H36N10O3/c32-21-11-13-22(14-12-21)37-31-38-27(33-17-23(19-7-3-1-4-8-19)20-9-5-2-6-10-20)24-28(39-31)40(18-34-24)29-25(42)26(43)30(44-29)41-35-15-16-36-41/h1-10,15-16,18,21-23,25-26,29-30,42-43H,11-14,17,32H2,(H2,33,37,38,39)/t21?,22?,25-,26+,29-,30?/m1/s1. The molecule has 44 heavy (non-hydrogen) atoms. The average molecular weight is 597 g/mol. The Kier molecular flexibility index (Phi) is 7.91. The van der Waals surface area contributed by atoms with Gasteiger partial charge in [-0.05, 0) is 36.8 Å². The number of hydrogen-bond acceptors (Lipinski definition) is 11. The van der Waals surface area contributed by atoms with Crippen LogP contribution in [0, 0.1) is 0 Å². The lowest BCUT2D eigenvalue weighted by Gasteiger charge is -2.27. The first-order valence-electron chi connectivity index (χ1n) is 15.0. The van der Waals surface area contributed by atoms with Gasteiger partial charge in [-0.25, -0.2) is 4.98 Å². The SMILES string of the molecule is NC1CCC(Nc2nc(NCC(c3ccccc3)c3ccccc3)c3ncn([C@@H]4OC(n5nccn5)[C@@H](O)[C@H]4O)c3n2)CC1. The Hall–Kier alpha value is -4.43. The van der Waals surface area contributed by atoms with Crippen molar-refractivity contribution in [1.82, 2.24) is 34.5 Å². The van der Waals surface area contributed by atoms with E-state index in [0.29, 0.717) is 29.5 Å². The summed E-state index contributed by atoms with van der Waals surface area (Å²) in [5, 5.41) is 37.1. The van der Waals surface area contributed by atoms with Gasteiger partial charge in [-0.15, -0.1) is 0 Å². The molecule has 0 amide bonds. The van der Waals surface area contributed by atoms with Gasteiger partial charge >= 0.3 is 0 Å². The zero-order valence-corrected chi connectivity index (χ0v) is 24.1. The highest BCUT2D eigenvalue weighted by Crippen LogP contribution is 2.37. The van der Waals surface area contributed by atoms with Gasteiger partial charge in [-0.2, -0.15) is 25.0 Å². The molecule has 4 heterocycles. The normalized spacial score (nSPS) is 25.5. The molecule has 3 aromatic heterocycles. The summed E-state index contributed by atoms with van der Waals surface area (Å²) < 4.78 is 7.72. The molecular weight excluding hydrogens is 560 g/mol. The Morgan fingerprint density at radius 3 is 2.16 bits per heavy atom. The predicted octanol–water partition coefficient (Wildman–Crippen LogP) is 2.79. The van der Waals surface area contributed by atoms with E-state index in [4.69, 9.17) is 20.4 Å². The summed E-state index contributed by atoms with van der Waals surface area (Å²) in [6.07, 6.45) is 3.76. The minimum Gasteiger partial charge on any atom is -0.385 e. The van der Waals surface area contributed by atoms with Crippen molar-refractivity contribution in [3.05, 3.63) is 90.5 Å². The van der Waals surface area contributed by atoms with Crippen LogP contribution in [0.2, 0.25) is 0 Å². The first-order chi connectivity index (χ1) is 21.5. The molecule has 0 spiro atoms. The third kappa shape index (κ3) is 5.62. The summed E-state index contributed by atoms with van der Waals surface area (Å²) in [6, 6.07) is 21.1. The van der Waals surface area contributed by atoms with Crippen LogP contribution in [0.4, 0.5) is 11.8 Å². The van der Waals surface area contributed by atoms with E-state index in [1.807, 2.05) is 36.4 Å². The Morgan fingerprint density at radius 1 is 0.864 bits per heavy atom. The van der Waals surface area contributed by atoms with E-state index in [1.165, 1.54) is 28.3 Å².